The molecule has 1 aromatic rings. The molecule has 0 bridgehead atoms. The summed E-state index contributed by atoms with van der Waals surface area (Å²) in [6.07, 6.45) is 0. The van der Waals surface area contributed by atoms with Crippen LogP contribution in [0, 0.1) is 11.3 Å². The van der Waals surface area contributed by atoms with Crippen LogP contribution in [0.15, 0.2) is 29.2 Å². The first kappa shape index (κ1) is 9.10. The van der Waals surface area contributed by atoms with Gasteiger partial charge in [-0.2, -0.15) is 5.26 Å². The largest absolute Gasteiger partial charge is 0.285 e. The molecule has 1 aliphatic rings. The fourth-order valence-corrected chi connectivity index (χ4v) is 2.58. The van der Waals surface area contributed by atoms with Crippen LogP contribution in [-0.4, -0.2) is 11.3 Å². The molecule has 0 radical (unpaired) electrons. The molecular weight excluding hydrogens is 196 g/mol. The molecule has 0 spiro atoms. The topological polar surface area (TPSA) is 44.1 Å². The summed E-state index contributed by atoms with van der Waals surface area (Å²) in [6.45, 7) is 1.48. The van der Waals surface area contributed by atoms with Crippen LogP contribution < -0.4 is 4.90 Å². The minimum Gasteiger partial charge on any atom is -0.285 e. The van der Waals surface area contributed by atoms with Crippen LogP contribution in [0.4, 0.5) is 5.69 Å². The number of fused-ring (bicyclic) bond motifs is 1. The Morgan fingerprint density at radius 3 is 2.93 bits per heavy atom. The highest BCUT2D eigenvalue weighted by atomic mass is 32.2. The van der Waals surface area contributed by atoms with Gasteiger partial charge in [0.05, 0.1) is 11.8 Å². The second-order valence-corrected chi connectivity index (χ2v) is 4.08. The van der Waals surface area contributed by atoms with Crippen molar-refractivity contribution in [2.24, 2.45) is 0 Å². The molecule has 1 amide bonds. The normalized spacial score (nSPS) is 18.9. The number of nitrogens with zero attached hydrogens (tertiary/aromatic N) is 2. The standard InChI is InChI=1S/C10H8N2OS/c1-7(13)12-8-4-2-3-5-9(8)14-10(12)6-11/h2-5,10H,1H3/t10-/m0/s1. The van der Waals surface area contributed by atoms with Crippen LogP contribution >= 0.6 is 11.8 Å². The third-order valence-electron chi connectivity index (χ3n) is 2.05. The third-order valence-corrected chi connectivity index (χ3v) is 3.19. The summed E-state index contributed by atoms with van der Waals surface area (Å²) in [5.41, 5.74) is 0.844. The van der Waals surface area contributed by atoms with E-state index in [2.05, 4.69) is 6.07 Å². The van der Waals surface area contributed by atoms with Gasteiger partial charge in [0.2, 0.25) is 5.91 Å². The highest BCUT2D eigenvalue weighted by Gasteiger charge is 2.32. The Morgan fingerprint density at radius 1 is 1.57 bits per heavy atom. The van der Waals surface area contributed by atoms with Crippen LogP contribution in [-0.2, 0) is 4.79 Å². The predicted molar refractivity (Wildman–Crippen MR) is 54.9 cm³/mol. The molecule has 1 aromatic carbocycles. The van der Waals surface area contributed by atoms with E-state index in [1.165, 1.54) is 23.6 Å². The molecule has 0 aromatic heterocycles. The highest BCUT2D eigenvalue weighted by Crippen LogP contribution is 2.42. The summed E-state index contributed by atoms with van der Waals surface area (Å²) in [5.74, 6) is -0.0889. The van der Waals surface area contributed by atoms with Gasteiger partial charge < -0.3 is 0 Å². The number of carbonyl (C=O) groups is 1. The van der Waals surface area contributed by atoms with Crippen LogP contribution in [0.1, 0.15) is 6.92 Å². The molecule has 1 atom stereocenters. The van der Waals surface area contributed by atoms with E-state index in [0.717, 1.165) is 10.6 Å². The fourth-order valence-electron chi connectivity index (χ4n) is 1.47. The molecule has 0 unspecified atom stereocenters. The zero-order valence-corrected chi connectivity index (χ0v) is 8.41. The van der Waals surface area contributed by atoms with Crippen molar-refractivity contribution in [1.29, 1.82) is 5.26 Å². The molecule has 14 heavy (non-hydrogen) atoms. The lowest BCUT2D eigenvalue weighted by molar-refractivity contribution is -0.116. The summed E-state index contributed by atoms with van der Waals surface area (Å²) in [4.78, 5) is 13.9. The van der Waals surface area contributed by atoms with Gasteiger partial charge in [-0.05, 0) is 12.1 Å². The summed E-state index contributed by atoms with van der Waals surface area (Å²) in [6, 6.07) is 9.67. The lowest BCUT2D eigenvalue weighted by atomic mass is 10.3. The first-order chi connectivity index (χ1) is 6.74. The van der Waals surface area contributed by atoms with E-state index in [0.29, 0.717) is 0 Å². The van der Waals surface area contributed by atoms with E-state index in [4.69, 9.17) is 5.26 Å². The van der Waals surface area contributed by atoms with Gasteiger partial charge in [0.25, 0.3) is 0 Å². The van der Waals surface area contributed by atoms with E-state index in [9.17, 15) is 4.79 Å². The molecule has 0 N–H and O–H groups in total. The Bertz CT molecular complexity index is 424. The molecular formula is C10H8N2OS. The number of thioether (sulfide) groups is 1. The molecule has 0 saturated carbocycles. The van der Waals surface area contributed by atoms with Gasteiger partial charge in [-0.15, -0.1) is 0 Å². The van der Waals surface area contributed by atoms with Gasteiger partial charge in [0.15, 0.2) is 5.37 Å². The minimum absolute atomic E-state index is 0.0889. The summed E-state index contributed by atoms with van der Waals surface area (Å²) in [7, 11) is 0. The maximum absolute atomic E-state index is 11.3. The van der Waals surface area contributed by atoms with E-state index >= 15 is 0 Å². The highest BCUT2D eigenvalue weighted by molar-refractivity contribution is 8.00. The van der Waals surface area contributed by atoms with Gasteiger partial charge in [-0.1, -0.05) is 23.9 Å². The maximum atomic E-state index is 11.3. The lowest BCUT2D eigenvalue weighted by Crippen LogP contribution is -2.32. The number of nitriles is 1. The molecule has 0 fully saturated rings. The van der Waals surface area contributed by atoms with Crippen LogP contribution in [0.2, 0.25) is 0 Å². The molecule has 4 heteroatoms. The SMILES string of the molecule is CC(=O)N1c2ccccc2S[C@H]1C#N. The van der Waals surface area contributed by atoms with Crippen LogP contribution in [0.25, 0.3) is 0 Å². The van der Waals surface area contributed by atoms with Crippen molar-refractivity contribution < 1.29 is 4.79 Å². The van der Waals surface area contributed by atoms with Crippen molar-refractivity contribution in [2.45, 2.75) is 17.2 Å². The number of benzene rings is 1. The van der Waals surface area contributed by atoms with E-state index in [1.807, 2.05) is 24.3 Å². The number of carbonyl (C=O) groups excluding carboxylic acids is 1. The zero-order valence-electron chi connectivity index (χ0n) is 7.60. The number of para-hydroxylation sites is 1. The quantitative estimate of drug-likeness (QED) is 0.649. The van der Waals surface area contributed by atoms with Gasteiger partial charge in [-0.25, -0.2) is 0 Å². The average Bonchev–Trinajstić information content (AvgIpc) is 2.55. The Hall–Kier alpha value is -1.47. The monoisotopic (exact) mass is 204 g/mol. The van der Waals surface area contributed by atoms with Gasteiger partial charge >= 0.3 is 0 Å². The van der Waals surface area contributed by atoms with Crippen molar-refractivity contribution in [1.82, 2.24) is 0 Å². The number of anilines is 1. The van der Waals surface area contributed by atoms with Crippen molar-refractivity contribution in [3.63, 3.8) is 0 Å². The summed E-state index contributed by atoms with van der Waals surface area (Å²) < 4.78 is 0. The van der Waals surface area contributed by atoms with Crippen LogP contribution in [0.3, 0.4) is 0 Å². The number of hydrogen-bond donors (Lipinski definition) is 0. The lowest BCUT2D eigenvalue weighted by Gasteiger charge is -2.16. The molecule has 0 saturated heterocycles. The minimum atomic E-state index is -0.412. The van der Waals surface area contributed by atoms with Crippen LogP contribution in [0.5, 0.6) is 0 Å². The fraction of sp³-hybridized carbons (Fsp3) is 0.200. The van der Waals surface area contributed by atoms with Gasteiger partial charge in [-0.3, -0.25) is 9.69 Å². The zero-order chi connectivity index (χ0) is 10.1. The van der Waals surface area contributed by atoms with Crippen molar-refractivity contribution in [2.75, 3.05) is 4.90 Å². The Kier molecular flexibility index (Phi) is 2.18. The van der Waals surface area contributed by atoms with Crippen molar-refractivity contribution in [3.8, 4) is 6.07 Å². The smallest absolute Gasteiger partial charge is 0.225 e. The second-order valence-electron chi connectivity index (χ2n) is 2.96. The summed E-state index contributed by atoms with van der Waals surface area (Å²) in [5, 5.41) is 8.48. The third kappa shape index (κ3) is 1.26. The van der Waals surface area contributed by atoms with Gasteiger partial charge in [0, 0.05) is 11.8 Å². The Labute approximate surface area is 86.3 Å². The second kappa shape index (κ2) is 3.35. The molecule has 2 rings (SSSR count). The Balaban J connectivity index is 2.48. The molecule has 1 aliphatic heterocycles. The predicted octanol–water partition coefficient (Wildman–Crippen LogP) is 1.99. The van der Waals surface area contributed by atoms with E-state index in [-0.39, 0.29) is 5.91 Å². The number of hydrogen-bond acceptors (Lipinski definition) is 3. The van der Waals surface area contributed by atoms with E-state index < -0.39 is 5.37 Å². The molecule has 3 nitrogen and oxygen atoms in total. The molecule has 70 valence electrons. The average molecular weight is 204 g/mol. The first-order valence-electron chi connectivity index (χ1n) is 4.19. The summed E-state index contributed by atoms with van der Waals surface area (Å²) >= 11 is 1.42. The number of amides is 1. The van der Waals surface area contributed by atoms with Gasteiger partial charge in [0.1, 0.15) is 0 Å². The Morgan fingerprint density at radius 2 is 2.29 bits per heavy atom. The molecule has 1 heterocycles. The number of rotatable bonds is 0. The first-order valence-corrected chi connectivity index (χ1v) is 5.07. The van der Waals surface area contributed by atoms with E-state index in [1.54, 1.807) is 0 Å². The maximum Gasteiger partial charge on any atom is 0.225 e. The van der Waals surface area contributed by atoms with Crippen molar-refractivity contribution >= 4 is 23.4 Å². The molecule has 0 aliphatic carbocycles. The van der Waals surface area contributed by atoms with Crippen molar-refractivity contribution in [3.05, 3.63) is 24.3 Å².